The molecule has 3 rings (SSSR count). The van der Waals surface area contributed by atoms with E-state index in [2.05, 4.69) is 10.6 Å². The lowest BCUT2D eigenvalue weighted by molar-refractivity contribution is 0.0697. The van der Waals surface area contributed by atoms with Crippen molar-refractivity contribution >= 4 is 68.9 Å². The van der Waals surface area contributed by atoms with Crippen molar-refractivity contribution in [3.05, 3.63) is 75.8 Å². The Morgan fingerprint density at radius 1 is 0.889 bits per heavy atom. The minimum Gasteiger partial charge on any atom is -0.478 e. The first kappa shape index (κ1) is 19.1. The van der Waals surface area contributed by atoms with Crippen LogP contribution >= 0.6 is 35.4 Å². The summed E-state index contributed by atoms with van der Waals surface area (Å²) in [6.45, 7) is 0. The van der Waals surface area contributed by atoms with Gasteiger partial charge in [-0.2, -0.15) is 0 Å². The number of anilines is 1. The average molecular weight is 419 g/mol. The molecule has 0 bridgehead atoms. The van der Waals surface area contributed by atoms with E-state index in [4.69, 9.17) is 40.5 Å². The molecule has 0 aromatic heterocycles. The largest absolute Gasteiger partial charge is 0.478 e. The van der Waals surface area contributed by atoms with Gasteiger partial charge in [-0.15, -0.1) is 0 Å². The molecule has 3 aromatic carbocycles. The van der Waals surface area contributed by atoms with E-state index in [1.807, 2.05) is 6.07 Å². The van der Waals surface area contributed by atoms with E-state index < -0.39 is 11.9 Å². The number of hydrogen-bond donors (Lipinski definition) is 3. The summed E-state index contributed by atoms with van der Waals surface area (Å²) in [4.78, 5) is 23.6. The molecule has 136 valence electrons. The van der Waals surface area contributed by atoms with Crippen LogP contribution in [0.4, 0.5) is 5.69 Å². The van der Waals surface area contributed by atoms with Crippen molar-refractivity contribution in [2.75, 3.05) is 5.32 Å². The first-order valence-electron chi connectivity index (χ1n) is 7.69. The summed E-state index contributed by atoms with van der Waals surface area (Å²) in [5.74, 6) is -1.52. The Morgan fingerprint density at radius 2 is 1.59 bits per heavy atom. The van der Waals surface area contributed by atoms with E-state index in [9.17, 15) is 9.59 Å². The van der Waals surface area contributed by atoms with Crippen LogP contribution in [0.1, 0.15) is 20.7 Å². The smallest absolute Gasteiger partial charge is 0.337 e. The molecule has 0 unspecified atom stereocenters. The summed E-state index contributed by atoms with van der Waals surface area (Å²) in [7, 11) is 0. The maximum absolute atomic E-state index is 12.6. The predicted molar refractivity (Wildman–Crippen MR) is 111 cm³/mol. The Bertz CT molecular complexity index is 1090. The standard InChI is InChI=1S/C19H12Cl2N2O3S/c20-15-6-2-3-11-12(15)4-1-5-13(11)17(24)23-19(27)22-10-7-8-14(18(25)26)16(21)9-10/h1-9H,(H,25,26)(H2,22,23,24,27). The Kier molecular flexibility index (Phi) is 5.60. The number of benzene rings is 3. The molecule has 0 atom stereocenters. The fourth-order valence-electron chi connectivity index (χ4n) is 2.57. The van der Waals surface area contributed by atoms with E-state index >= 15 is 0 Å². The SMILES string of the molecule is O=C(O)c1ccc(NC(=S)NC(=O)c2cccc3c(Cl)cccc23)cc1Cl. The molecule has 1 amide bonds. The second-order valence-corrected chi connectivity index (χ2v) is 6.77. The Balaban J connectivity index is 1.77. The molecule has 0 aliphatic rings. The number of fused-ring (bicyclic) bond motifs is 1. The van der Waals surface area contributed by atoms with E-state index in [1.54, 1.807) is 30.3 Å². The number of carboxylic acid groups (broad SMARTS) is 1. The molecule has 0 heterocycles. The maximum atomic E-state index is 12.6. The van der Waals surface area contributed by atoms with Gasteiger partial charge in [-0.3, -0.25) is 10.1 Å². The van der Waals surface area contributed by atoms with E-state index in [1.165, 1.54) is 18.2 Å². The van der Waals surface area contributed by atoms with Crippen LogP contribution < -0.4 is 10.6 Å². The Hall–Kier alpha value is -2.67. The number of carbonyl (C=O) groups is 2. The van der Waals surface area contributed by atoms with E-state index in [0.717, 1.165) is 5.39 Å². The third kappa shape index (κ3) is 4.19. The van der Waals surface area contributed by atoms with Gasteiger partial charge in [0.25, 0.3) is 5.91 Å². The number of halogens is 2. The first-order chi connectivity index (χ1) is 12.9. The highest BCUT2D eigenvalue weighted by Crippen LogP contribution is 2.26. The van der Waals surface area contributed by atoms with Crippen LogP contribution in [0.25, 0.3) is 10.8 Å². The lowest BCUT2D eigenvalue weighted by atomic mass is 10.0. The van der Waals surface area contributed by atoms with Crippen molar-refractivity contribution < 1.29 is 14.7 Å². The quantitative estimate of drug-likeness (QED) is 0.523. The molecule has 27 heavy (non-hydrogen) atoms. The van der Waals surface area contributed by atoms with Crippen LogP contribution in [-0.2, 0) is 0 Å². The van der Waals surface area contributed by atoms with Gasteiger partial charge in [-0.05, 0) is 47.9 Å². The topological polar surface area (TPSA) is 78.4 Å². The van der Waals surface area contributed by atoms with Gasteiger partial charge in [0.2, 0.25) is 0 Å². The van der Waals surface area contributed by atoms with Gasteiger partial charge < -0.3 is 10.4 Å². The fraction of sp³-hybridized carbons (Fsp3) is 0. The lowest BCUT2D eigenvalue weighted by Gasteiger charge is -2.12. The monoisotopic (exact) mass is 418 g/mol. The zero-order chi connectivity index (χ0) is 19.6. The maximum Gasteiger partial charge on any atom is 0.337 e. The Morgan fingerprint density at radius 3 is 2.30 bits per heavy atom. The summed E-state index contributed by atoms with van der Waals surface area (Å²) in [6.07, 6.45) is 0. The van der Waals surface area contributed by atoms with Crippen molar-refractivity contribution in [2.24, 2.45) is 0 Å². The predicted octanol–water partition coefficient (Wildman–Crippen LogP) is 4.97. The number of nitrogens with one attached hydrogen (secondary N) is 2. The van der Waals surface area contributed by atoms with Gasteiger partial charge in [0.15, 0.2) is 5.11 Å². The molecule has 5 nitrogen and oxygen atoms in total. The number of rotatable bonds is 3. The molecule has 3 aromatic rings. The van der Waals surface area contributed by atoms with Crippen molar-refractivity contribution in [1.82, 2.24) is 5.32 Å². The molecular weight excluding hydrogens is 407 g/mol. The summed E-state index contributed by atoms with van der Waals surface area (Å²) in [5, 5.41) is 16.5. The number of amides is 1. The number of hydrogen-bond acceptors (Lipinski definition) is 3. The van der Waals surface area contributed by atoms with Crippen LogP contribution in [0.2, 0.25) is 10.0 Å². The Labute approximate surface area is 169 Å². The number of carboxylic acids is 1. The van der Waals surface area contributed by atoms with Crippen molar-refractivity contribution in [3.63, 3.8) is 0 Å². The summed E-state index contributed by atoms with van der Waals surface area (Å²) in [5.41, 5.74) is 0.861. The summed E-state index contributed by atoms with van der Waals surface area (Å²) < 4.78 is 0. The zero-order valence-electron chi connectivity index (χ0n) is 13.6. The minimum atomic E-state index is -1.13. The van der Waals surface area contributed by atoms with Gasteiger partial charge in [0, 0.05) is 21.7 Å². The molecule has 0 aliphatic heterocycles. The van der Waals surface area contributed by atoms with Crippen molar-refractivity contribution in [1.29, 1.82) is 0 Å². The minimum absolute atomic E-state index is 0.0233. The van der Waals surface area contributed by atoms with Gasteiger partial charge in [0.1, 0.15) is 0 Å². The van der Waals surface area contributed by atoms with E-state index in [-0.39, 0.29) is 15.7 Å². The molecule has 0 saturated heterocycles. The summed E-state index contributed by atoms with van der Waals surface area (Å²) >= 11 is 17.3. The van der Waals surface area contributed by atoms with Gasteiger partial charge >= 0.3 is 5.97 Å². The van der Waals surface area contributed by atoms with Crippen LogP contribution in [0, 0.1) is 0 Å². The molecule has 0 saturated carbocycles. The number of thiocarbonyl (C=S) groups is 1. The molecule has 0 radical (unpaired) electrons. The highest BCUT2D eigenvalue weighted by atomic mass is 35.5. The van der Waals surface area contributed by atoms with Crippen LogP contribution in [-0.4, -0.2) is 22.1 Å². The first-order valence-corrected chi connectivity index (χ1v) is 8.85. The van der Waals surface area contributed by atoms with Crippen LogP contribution in [0.15, 0.2) is 54.6 Å². The molecule has 0 aliphatic carbocycles. The van der Waals surface area contributed by atoms with E-state index in [0.29, 0.717) is 21.7 Å². The highest BCUT2D eigenvalue weighted by molar-refractivity contribution is 7.80. The second kappa shape index (κ2) is 7.92. The molecule has 0 spiro atoms. The number of carbonyl (C=O) groups excluding carboxylic acids is 1. The summed E-state index contributed by atoms with van der Waals surface area (Å²) in [6, 6.07) is 14.8. The van der Waals surface area contributed by atoms with Gasteiger partial charge in [-0.25, -0.2) is 4.79 Å². The third-order valence-electron chi connectivity index (χ3n) is 3.80. The lowest BCUT2D eigenvalue weighted by Crippen LogP contribution is -2.34. The van der Waals surface area contributed by atoms with Crippen molar-refractivity contribution in [2.45, 2.75) is 0 Å². The fourth-order valence-corrected chi connectivity index (χ4v) is 3.28. The molecule has 0 fully saturated rings. The zero-order valence-corrected chi connectivity index (χ0v) is 16.0. The number of aromatic carboxylic acids is 1. The second-order valence-electron chi connectivity index (χ2n) is 5.55. The highest BCUT2D eigenvalue weighted by Gasteiger charge is 2.14. The normalized spacial score (nSPS) is 10.4. The van der Waals surface area contributed by atoms with Crippen LogP contribution in [0.5, 0.6) is 0 Å². The van der Waals surface area contributed by atoms with Crippen LogP contribution in [0.3, 0.4) is 0 Å². The van der Waals surface area contributed by atoms with Crippen molar-refractivity contribution in [3.8, 4) is 0 Å². The molecule has 3 N–H and O–H groups in total. The van der Waals surface area contributed by atoms with Gasteiger partial charge in [0.05, 0.1) is 10.6 Å². The average Bonchev–Trinajstić information content (AvgIpc) is 2.61. The van der Waals surface area contributed by atoms with Gasteiger partial charge in [-0.1, -0.05) is 47.5 Å². The third-order valence-corrected chi connectivity index (χ3v) is 4.64. The molecular formula is C19H12Cl2N2O3S. The molecule has 8 heteroatoms.